The normalized spacial score (nSPS) is 20.4. The maximum absolute atomic E-state index is 12.9. The molecule has 1 heterocycles. The summed E-state index contributed by atoms with van der Waals surface area (Å²) in [6.07, 6.45) is -2.97. The van der Waals surface area contributed by atoms with Crippen molar-refractivity contribution in [2.45, 2.75) is 50.7 Å². The van der Waals surface area contributed by atoms with Gasteiger partial charge in [0.05, 0.1) is 5.92 Å². The fraction of sp³-hybridized carbons (Fsp3) is 0.500. The second kappa shape index (κ2) is 8.06. The van der Waals surface area contributed by atoms with Crippen molar-refractivity contribution in [3.63, 3.8) is 0 Å². The van der Waals surface area contributed by atoms with E-state index in [1.165, 1.54) is 24.3 Å². The first kappa shape index (κ1) is 19.3. The van der Waals surface area contributed by atoms with Gasteiger partial charge < -0.3 is 9.84 Å². The molecule has 0 bridgehead atoms. The highest BCUT2D eigenvalue weighted by atomic mass is 19.4. The van der Waals surface area contributed by atoms with Gasteiger partial charge in [-0.15, -0.1) is 0 Å². The topological polar surface area (TPSA) is 68.0 Å². The molecule has 0 saturated heterocycles. The average molecular weight is 385 g/mol. The van der Waals surface area contributed by atoms with E-state index in [-0.39, 0.29) is 49.1 Å². The first-order chi connectivity index (χ1) is 12.8. The van der Waals surface area contributed by atoms with E-state index in [0.717, 1.165) is 0 Å². The number of alkyl halides is 3. The Morgan fingerprint density at radius 2 is 1.96 bits per heavy atom. The minimum atomic E-state index is -4.22. The van der Waals surface area contributed by atoms with Gasteiger partial charge in [0.1, 0.15) is 5.82 Å². The Morgan fingerprint density at radius 3 is 2.67 bits per heavy atom. The predicted octanol–water partition coefficient (Wildman–Crippen LogP) is 4.05. The van der Waals surface area contributed by atoms with Crippen LogP contribution in [-0.2, 0) is 11.2 Å². The highest BCUT2D eigenvalue weighted by Gasteiger charge is 2.42. The molecule has 0 radical (unpaired) electrons. The molecule has 146 valence electrons. The number of carbonyl (C=O) groups is 1. The number of halogens is 4. The van der Waals surface area contributed by atoms with Crippen molar-refractivity contribution in [1.82, 2.24) is 15.5 Å². The maximum Gasteiger partial charge on any atom is 0.391 e. The van der Waals surface area contributed by atoms with Gasteiger partial charge in [-0.1, -0.05) is 11.6 Å². The summed E-state index contributed by atoms with van der Waals surface area (Å²) in [6.45, 7) is 0. The number of carbonyl (C=O) groups excluding carboxylic acids is 1. The molecule has 0 spiro atoms. The lowest BCUT2D eigenvalue weighted by Crippen LogP contribution is -2.41. The van der Waals surface area contributed by atoms with Crippen LogP contribution in [0.15, 0.2) is 28.8 Å². The number of benzene rings is 1. The first-order valence-corrected chi connectivity index (χ1v) is 8.76. The minimum Gasteiger partial charge on any atom is -0.353 e. The lowest BCUT2D eigenvalue weighted by atomic mass is 9.85. The van der Waals surface area contributed by atoms with Gasteiger partial charge in [-0.3, -0.25) is 4.79 Å². The lowest BCUT2D eigenvalue weighted by molar-refractivity contribution is -0.184. The highest BCUT2D eigenvalue weighted by Crippen LogP contribution is 2.37. The molecule has 1 aromatic carbocycles. The summed E-state index contributed by atoms with van der Waals surface area (Å²) in [7, 11) is 0. The molecule has 27 heavy (non-hydrogen) atoms. The second-order valence-electron chi connectivity index (χ2n) is 6.69. The Morgan fingerprint density at radius 1 is 1.22 bits per heavy atom. The monoisotopic (exact) mass is 385 g/mol. The molecule has 2 aromatic rings. The molecule has 1 aliphatic carbocycles. The summed E-state index contributed by atoms with van der Waals surface area (Å²) in [5, 5.41) is 6.45. The second-order valence-corrected chi connectivity index (χ2v) is 6.69. The van der Waals surface area contributed by atoms with E-state index in [1.54, 1.807) is 0 Å². The summed E-state index contributed by atoms with van der Waals surface area (Å²) in [4.78, 5) is 16.2. The number of hydrogen-bond acceptors (Lipinski definition) is 4. The SMILES string of the molecule is O=C(CCc1nc(-c2ccc(F)cc2)no1)N[C@H]1CCC[C@@H](C(F)(F)F)C1. The van der Waals surface area contributed by atoms with Gasteiger partial charge in [0, 0.05) is 24.4 Å². The molecule has 2 atom stereocenters. The molecule has 0 unspecified atom stereocenters. The van der Waals surface area contributed by atoms with Crippen LogP contribution in [0.5, 0.6) is 0 Å². The molecule has 1 amide bonds. The number of nitrogens with zero attached hydrogens (tertiary/aromatic N) is 2. The number of aromatic nitrogens is 2. The van der Waals surface area contributed by atoms with Crippen LogP contribution < -0.4 is 5.32 Å². The zero-order valence-corrected chi connectivity index (χ0v) is 14.4. The molecule has 1 saturated carbocycles. The van der Waals surface area contributed by atoms with Crippen molar-refractivity contribution >= 4 is 5.91 Å². The lowest BCUT2D eigenvalue weighted by Gasteiger charge is -2.31. The molecule has 9 heteroatoms. The minimum absolute atomic E-state index is 0.0399. The molecule has 5 nitrogen and oxygen atoms in total. The Balaban J connectivity index is 1.49. The Hall–Kier alpha value is -2.45. The van der Waals surface area contributed by atoms with Crippen LogP contribution in [0, 0.1) is 11.7 Å². The van der Waals surface area contributed by atoms with Gasteiger partial charge in [0.25, 0.3) is 0 Å². The standard InChI is InChI=1S/C18H19F4N3O2/c19-13-6-4-11(5-7-13)17-24-16(27-25-17)9-8-15(26)23-14-3-1-2-12(10-14)18(20,21)22/h4-7,12,14H,1-3,8-10H2,(H,23,26)/t12-,14+/m1/s1. The number of hydrogen-bond donors (Lipinski definition) is 1. The third kappa shape index (κ3) is 5.27. The van der Waals surface area contributed by atoms with Crippen LogP contribution in [0.2, 0.25) is 0 Å². The third-order valence-corrected chi connectivity index (χ3v) is 4.64. The number of nitrogens with one attached hydrogen (secondary N) is 1. The quantitative estimate of drug-likeness (QED) is 0.789. The molecule has 1 aromatic heterocycles. The van der Waals surface area contributed by atoms with Crippen LogP contribution in [0.4, 0.5) is 17.6 Å². The molecule has 1 aliphatic rings. The zero-order valence-electron chi connectivity index (χ0n) is 14.4. The van der Waals surface area contributed by atoms with Gasteiger partial charge in [-0.25, -0.2) is 4.39 Å². The summed E-state index contributed by atoms with van der Waals surface area (Å²) >= 11 is 0. The van der Waals surface area contributed by atoms with Crippen molar-refractivity contribution in [1.29, 1.82) is 0 Å². The predicted molar refractivity (Wildman–Crippen MR) is 88.0 cm³/mol. The van der Waals surface area contributed by atoms with Crippen LogP contribution in [0.3, 0.4) is 0 Å². The van der Waals surface area contributed by atoms with Gasteiger partial charge in [0.2, 0.25) is 17.6 Å². The Labute approximate surface area is 153 Å². The van der Waals surface area contributed by atoms with Gasteiger partial charge in [-0.05, 0) is 43.5 Å². The van der Waals surface area contributed by atoms with E-state index in [4.69, 9.17) is 4.52 Å². The summed E-state index contributed by atoms with van der Waals surface area (Å²) in [5.41, 5.74) is 0.580. The molecule has 0 aliphatic heterocycles. The van der Waals surface area contributed by atoms with Gasteiger partial charge >= 0.3 is 6.18 Å². The molecular formula is C18H19F4N3O2. The van der Waals surface area contributed by atoms with Gasteiger partial charge in [-0.2, -0.15) is 18.2 Å². The maximum atomic E-state index is 12.9. The summed E-state index contributed by atoms with van der Waals surface area (Å²) < 4.78 is 56.5. The van der Waals surface area contributed by atoms with E-state index in [2.05, 4.69) is 15.5 Å². The van der Waals surface area contributed by atoms with Gasteiger partial charge in [0.15, 0.2) is 0 Å². The van der Waals surface area contributed by atoms with Crippen molar-refractivity contribution in [2.24, 2.45) is 5.92 Å². The van der Waals surface area contributed by atoms with Crippen molar-refractivity contribution in [3.05, 3.63) is 36.0 Å². The van der Waals surface area contributed by atoms with E-state index in [9.17, 15) is 22.4 Å². The number of amides is 1. The average Bonchev–Trinajstić information content (AvgIpc) is 3.09. The largest absolute Gasteiger partial charge is 0.391 e. The molecule has 1 N–H and O–H groups in total. The zero-order chi connectivity index (χ0) is 19.4. The number of rotatable bonds is 5. The fourth-order valence-corrected chi connectivity index (χ4v) is 3.21. The van der Waals surface area contributed by atoms with E-state index in [1.807, 2.05) is 0 Å². The summed E-state index contributed by atoms with van der Waals surface area (Å²) in [6, 6.07) is 5.11. The van der Waals surface area contributed by atoms with Crippen LogP contribution in [0.25, 0.3) is 11.4 Å². The fourth-order valence-electron chi connectivity index (χ4n) is 3.21. The molecular weight excluding hydrogens is 366 g/mol. The van der Waals surface area contributed by atoms with Crippen LogP contribution in [0.1, 0.15) is 38.0 Å². The summed E-state index contributed by atoms with van der Waals surface area (Å²) in [5.74, 6) is -1.56. The van der Waals surface area contributed by atoms with E-state index in [0.29, 0.717) is 18.4 Å². The van der Waals surface area contributed by atoms with Crippen LogP contribution >= 0.6 is 0 Å². The molecule has 3 rings (SSSR count). The third-order valence-electron chi connectivity index (χ3n) is 4.64. The van der Waals surface area contributed by atoms with E-state index < -0.39 is 18.1 Å². The van der Waals surface area contributed by atoms with Crippen molar-refractivity contribution in [3.8, 4) is 11.4 Å². The Kier molecular flexibility index (Phi) is 5.76. The first-order valence-electron chi connectivity index (χ1n) is 8.76. The Bertz CT molecular complexity index is 774. The van der Waals surface area contributed by atoms with Crippen molar-refractivity contribution < 1.29 is 26.9 Å². The van der Waals surface area contributed by atoms with E-state index >= 15 is 0 Å². The molecule has 1 fully saturated rings. The van der Waals surface area contributed by atoms with Crippen molar-refractivity contribution in [2.75, 3.05) is 0 Å². The smallest absolute Gasteiger partial charge is 0.353 e. The van der Waals surface area contributed by atoms with Crippen LogP contribution in [-0.4, -0.2) is 28.3 Å². The highest BCUT2D eigenvalue weighted by molar-refractivity contribution is 5.76. The number of aryl methyl sites for hydroxylation is 1.